The smallest absolute Gasteiger partial charge is 0.329 e. The van der Waals surface area contributed by atoms with Crippen LogP contribution in [0.1, 0.15) is 6.42 Å². The molecule has 0 spiro atoms. The lowest BCUT2D eigenvalue weighted by molar-refractivity contribution is -0.151. The second-order valence-electron chi connectivity index (χ2n) is 2.74. The molecule has 1 rings (SSSR count). The molecule has 88 valence electrons. The molecule has 0 aliphatic heterocycles. The molecule has 0 aromatic heterocycles. The van der Waals surface area contributed by atoms with Crippen molar-refractivity contribution in [1.29, 1.82) is 0 Å². The van der Waals surface area contributed by atoms with Gasteiger partial charge in [0.25, 0.3) is 0 Å². The quantitative estimate of drug-likeness (QED) is 0.624. The molecule has 0 bridgehead atoms. The molecule has 0 saturated carbocycles. The van der Waals surface area contributed by atoms with Crippen molar-refractivity contribution in [2.45, 2.75) is 6.42 Å². The molecule has 3 N–H and O–H groups in total. The third-order valence-electron chi connectivity index (χ3n) is 1.64. The Bertz CT molecular complexity index is 354. The SMILES string of the molecule is NNOC(=O)CCOc1c(Br)cccc1Br. The van der Waals surface area contributed by atoms with Gasteiger partial charge in [-0.3, -0.25) is 4.79 Å². The Hall–Kier alpha value is -0.630. The Balaban J connectivity index is 2.46. The number of rotatable bonds is 5. The first-order valence-corrected chi connectivity index (χ1v) is 5.96. The number of nitrogens with one attached hydrogen (secondary N) is 1. The molecule has 0 atom stereocenters. The number of para-hydroxylation sites is 1. The molecule has 7 heteroatoms. The first kappa shape index (κ1) is 13.4. The summed E-state index contributed by atoms with van der Waals surface area (Å²) in [6.07, 6.45) is 0.109. The first-order valence-electron chi connectivity index (χ1n) is 4.37. The minimum atomic E-state index is -0.481. The van der Waals surface area contributed by atoms with Crippen molar-refractivity contribution >= 4 is 37.8 Å². The Morgan fingerprint density at radius 3 is 2.56 bits per heavy atom. The van der Waals surface area contributed by atoms with E-state index in [2.05, 4.69) is 36.7 Å². The number of nitrogens with two attached hydrogens (primary N) is 1. The maximum absolute atomic E-state index is 10.9. The predicted octanol–water partition coefficient (Wildman–Crippen LogP) is 1.90. The molecule has 0 heterocycles. The van der Waals surface area contributed by atoms with Crippen molar-refractivity contribution in [2.75, 3.05) is 6.61 Å². The summed E-state index contributed by atoms with van der Waals surface area (Å²) in [5.74, 6) is 4.98. The Kier molecular flexibility index (Phi) is 5.75. The Labute approximate surface area is 109 Å². The monoisotopic (exact) mass is 352 g/mol. The van der Waals surface area contributed by atoms with Gasteiger partial charge in [-0.1, -0.05) is 11.7 Å². The van der Waals surface area contributed by atoms with E-state index in [1.54, 1.807) is 0 Å². The summed E-state index contributed by atoms with van der Waals surface area (Å²) in [6, 6.07) is 5.56. The summed E-state index contributed by atoms with van der Waals surface area (Å²) in [5, 5.41) is 0. The van der Waals surface area contributed by atoms with Crippen molar-refractivity contribution < 1.29 is 14.4 Å². The zero-order valence-electron chi connectivity index (χ0n) is 8.20. The standard InChI is InChI=1S/C9H10Br2N2O3/c10-6-2-1-3-7(11)9(6)15-5-4-8(14)16-13-12/h1-3,13H,4-5,12H2. The van der Waals surface area contributed by atoms with Gasteiger partial charge in [-0.25, -0.2) is 5.84 Å². The van der Waals surface area contributed by atoms with Crippen LogP contribution in [-0.4, -0.2) is 12.6 Å². The van der Waals surface area contributed by atoms with Crippen LogP contribution in [0, 0.1) is 0 Å². The van der Waals surface area contributed by atoms with Crippen LogP contribution in [0.15, 0.2) is 27.1 Å². The molecule has 16 heavy (non-hydrogen) atoms. The van der Waals surface area contributed by atoms with Gasteiger partial charge < -0.3 is 9.57 Å². The minimum Gasteiger partial charge on any atom is -0.491 e. The number of benzene rings is 1. The number of carbonyl (C=O) groups is 1. The number of halogens is 2. The topological polar surface area (TPSA) is 73.6 Å². The van der Waals surface area contributed by atoms with E-state index in [4.69, 9.17) is 10.6 Å². The fourth-order valence-corrected chi connectivity index (χ4v) is 2.20. The van der Waals surface area contributed by atoms with Gasteiger partial charge in [0.1, 0.15) is 5.75 Å². The molecule has 0 aliphatic rings. The lowest BCUT2D eigenvalue weighted by Crippen LogP contribution is -2.27. The largest absolute Gasteiger partial charge is 0.491 e. The Morgan fingerprint density at radius 1 is 1.38 bits per heavy atom. The predicted molar refractivity (Wildman–Crippen MR) is 65.4 cm³/mol. The highest BCUT2D eigenvalue weighted by Crippen LogP contribution is 2.32. The van der Waals surface area contributed by atoms with Gasteiger partial charge in [0.15, 0.2) is 0 Å². The zero-order valence-corrected chi connectivity index (χ0v) is 11.4. The molecule has 5 nitrogen and oxygen atoms in total. The molecule has 0 amide bonds. The fourth-order valence-electron chi connectivity index (χ4n) is 0.974. The van der Waals surface area contributed by atoms with Crippen LogP contribution in [0.4, 0.5) is 0 Å². The van der Waals surface area contributed by atoms with Gasteiger partial charge in [0.05, 0.1) is 22.0 Å². The lowest BCUT2D eigenvalue weighted by Gasteiger charge is -2.09. The summed E-state index contributed by atoms with van der Waals surface area (Å²) in [7, 11) is 0. The van der Waals surface area contributed by atoms with E-state index in [-0.39, 0.29) is 13.0 Å². The van der Waals surface area contributed by atoms with Gasteiger partial charge in [-0.2, -0.15) is 0 Å². The molecular weight excluding hydrogens is 344 g/mol. The fraction of sp³-hybridized carbons (Fsp3) is 0.222. The summed E-state index contributed by atoms with van der Waals surface area (Å²) in [4.78, 5) is 15.3. The van der Waals surface area contributed by atoms with Crippen LogP contribution in [0.3, 0.4) is 0 Å². The molecule has 0 aliphatic carbocycles. The van der Waals surface area contributed by atoms with Crippen LogP contribution >= 0.6 is 31.9 Å². The van der Waals surface area contributed by atoms with Crippen LogP contribution in [-0.2, 0) is 9.63 Å². The summed E-state index contributed by atoms with van der Waals surface area (Å²) >= 11 is 6.68. The molecular formula is C9H10Br2N2O3. The second-order valence-corrected chi connectivity index (χ2v) is 4.45. The van der Waals surface area contributed by atoms with Gasteiger partial charge in [0, 0.05) is 0 Å². The first-order chi connectivity index (χ1) is 7.65. The van der Waals surface area contributed by atoms with Crippen molar-refractivity contribution in [3.05, 3.63) is 27.1 Å². The van der Waals surface area contributed by atoms with Gasteiger partial charge in [0.2, 0.25) is 0 Å². The van der Waals surface area contributed by atoms with E-state index < -0.39 is 5.97 Å². The average molecular weight is 354 g/mol. The van der Waals surface area contributed by atoms with Crippen molar-refractivity contribution in [3.63, 3.8) is 0 Å². The van der Waals surface area contributed by atoms with E-state index in [0.717, 1.165) is 8.95 Å². The number of hydrazine groups is 1. The van der Waals surface area contributed by atoms with Gasteiger partial charge >= 0.3 is 5.97 Å². The average Bonchev–Trinajstić information content (AvgIpc) is 2.23. The lowest BCUT2D eigenvalue weighted by atomic mass is 10.3. The van der Waals surface area contributed by atoms with Crippen molar-refractivity contribution in [1.82, 2.24) is 5.59 Å². The zero-order chi connectivity index (χ0) is 12.0. The summed E-state index contributed by atoms with van der Waals surface area (Å²) < 4.78 is 7.05. The highest BCUT2D eigenvalue weighted by molar-refractivity contribution is 9.11. The number of ether oxygens (including phenoxy) is 1. The van der Waals surface area contributed by atoms with Crippen molar-refractivity contribution in [3.8, 4) is 5.75 Å². The van der Waals surface area contributed by atoms with Crippen LogP contribution in [0.5, 0.6) is 5.75 Å². The van der Waals surface area contributed by atoms with E-state index in [1.165, 1.54) is 0 Å². The maximum atomic E-state index is 10.9. The van der Waals surface area contributed by atoms with Crippen LogP contribution < -0.4 is 16.2 Å². The van der Waals surface area contributed by atoms with Crippen LogP contribution in [0.25, 0.3) is 0 Å². The normalized spacial score (nSPS) is 9.94. The number of hydrogen-bond acceptors (Lipinski definition) is 5. The number of hydrogen-bond donors (Lipinski definition) is 2. The maximum Gasteiger partial charge on any atom is 0.329 e. The van der Waals surface area contributed by atoms with Crippen molar-refractivity contribution in [2.24, 2.45) is 5.84 Å². The highest BCUT2D eigenvalue weighted by Gasteiger charge is 2.07. The van der Waals surface area contributed by atoms with E-state index in [1.807, 2.05) is 23.8 Å². The molecule has 1 aromatic carbocycles. The van der Waals surface area contributed by atoms with E-state index >= 15 is 0 Å². The summed E-state index contributed by atoms with van der Waals surface area (Å²) in [5.41, 5.74) is 1.82. The molecule has 0 saturated heterocycles. The molecule has 0 unspecified atom stereocenters. The second kappa shape index (κ2) is 6.85. The molecule has 1 aromatic rings. The third kappa shape index (κ3) is 4.09. The van der Waals surface area contributed by atoms with Gasteiger partial charge in [-0.15, -0.1) is 0 Å². The highest BCUT2D eigenvalue weighted by atomic mass is 79.9. The molecule has 0 fully saturated rings. The summed E-state index contributed by atoms with van der Waals surface area (Å²) in [6.45, 7) is 0.210. The minimum absolute atomic E-state index is 0.109. The number of carbonyl (C=O) groups excluding carboxylic acids is 1. The molecule has 0 radical (unpaired) electrons. The third-order valence-corrected chi connectivity index (χ3v) is 2.89. The van der Waals surface area contributed by atoms with Crippen LogP contribution in [0.2, 0.25) is 0 Å². The van der Waals surface area contributed by atoms with Gasteiger partial charge in [-0.05, 0) is 44.0 Å². The van der Waals surface area contributed by atoms with E-state index in [9.17, 15) is 4.79 Å². The Morgan fingerprint density at radius 2 is 2.00 bits per heavy atom. The van der Waals surface area contributed by atoms with E-state index in [0.29, 0.717) is 5.75 Å².